The summed E-state index contributed by atoms with van der Waals surface area (Å²) in [4.78, 5) is 28.7. The van der Waals surface area contributed by atoms with Crippen LogP contribution >= 0.6 is 12.4 Å². The van der Waals surface area contributed by atoms with Crippen LogP contribution in [0.4, 0.5) is 9.18 Å². The topological polar surface area (TPSA) is 52.7 Å². The van der Waals surface area contributed by atoms with E-state index in [1.165, 1.54) is 31.4 Å². The van der Waals surface area contributed by atoms with Crippen LogP contribution in [-0.2, 0) is 0 Å². The smallest absolute Gasteiger partial charge is 0.317 e. The fourth-order valence-electron chi connectivity index (χ4n) is 3.93. The summed E-state index contributed by atoms with van der Waals surface area (Å²) in [5.74, 6) is -0.266. The van der Waals surface area contributed by atoms with Gasteiger partial charge in [-0.25, -0.2) is 9.18 Å². The number of rotatable bonds is 6. The van der Waals surface area contributed by atoms with Gasteiger partial charge in [0, 0.05) is 44.2 Å². The summed E-state index contributed by atoms with van der Waals surface area (Å²) in [6.07, 6.45) is 7.18. The number of amides is 2. The molecule has 2 amide bonds. The second kappa shape index (κ2) is 11.4. The van der Waals surface area contributed by atoms with Gasteiger partial charge in [0.1, 0.15) is 5.82 Å². The van der Waals surface area contributed by atoms with Crippen molar-refractivity contribution < 1.29 is 14.0 Å². The molecule has 1 N–H and O–H groups in total. The molecule has 1 aromatic rings. The van der Waals surface area contributed by atoms with Crippen LogP contribution in [0.2, 0.25) is 0 Å². The molecule has 0 radical (unpaired) electrons. The van der Waals surface area contributed by atoms with Crippen molar-refractivity contribution in [1.82, 2.24) is 15.1 Å². The van der Waals surface area contributed by atoms with Gasteiger partial charge in [-0.3, -0.25) is 9.69 Å². The average Bonchev–Trinajstić information content (AvgIpc) is 2.69. The SMILES string of the molecule is Cl.O=C(CCCN1CCN(C(=O)NC2CCCCC2)CC1)c1ccc(F)cc1. The third-order valence-electron chi connectivity index (χ3n) is 5.64. The largest absolute Gasteiger partial charge is 0.335 e. The molecule has 1 heterocycles. The number of carbonyl (C=O) groups is 2. The van der Waals surface area contributed by atoms with Crippen LogP contribution in [0.15, 0.2) is 24.3 Å². The molecule has 28 heavy (non-hydrogen) atoms. The molecule has 3 rings (SSSR count). The molecule has 0 aromatic heterocycles. The van der Waals surface area contributed by atoms with Crippen molar-refractivity contribution in [3.05, 3.63) is 35.6 Å². The van der Waals surface area contributed by atoms with Crippen molar-refractivity contribution in [3.63, 3.8) is 0 Å². The summed E-state index contributed by atoms with van der Waals surface area (Å²) in [5, 5.41) is 3.18. The number of hydrogen-bond acceptors (Lipinski definition) is 3. The highest BCUT2D eigenvalue weighted by molar-refractivity contribution is 5.95. The molecule has 1 aliphatic heterocycles. The first-order chi connectivity index (χ1) is 13.1. The van der Waals surface area contributed by atoms with E-state index in [-0.39, 0.29) is 30.0 Å². The highest BCUT2D eigenvalue weighted by atomic mass is 35.5. The van der Waals surface area contributed by atoms with Crippen LogP contribution in [0, 0.1) is 5.82 Å². The highest BCUT2D eigenvalue weighted by Gasteiger charge is 2.23. The number of nitrogens with zero attached hydrogens (tertiary/aromatic N) is 2. The molecule has 1 aromatic carbocycles. The molecule has 2 aliphatic rings. The molecular formula is C21H31ClFN3O2. The fraction of sp³-hybridized carbons (Fsp3) is 0.619. The number of hydrogen-bond donors (Lipinski definition) is 1. The van der Waals surface area contributed by atoms with Gasteiger partial charge in [0.25, 0.3) is 0 Å². The highest BCUT2D eigenvalue weighted by Crippen LogP contribution is 2.18. The fourth-order valence-corrected chi connectivity index (χ4v) is 3.93. The number of piperazine rings is 1. The Morgan fingerprint density at radius 1 is 1.00 bits per heavy atom. The number of nitrogens with one attached hydrogen (secondary N) is 1. The van der Waals surface area contributed by atoms with Gasteiger partial charge in [0.05, 0.1) is 0 Å². The van der Waals surface area contributed by atoms with Crippen LogP contribution in [0.1, 0.15) is 55.3 Å². The van der Waals surface area contributed by atoms with Crippen LogP contribution in [0.3, 0.4) is 0 Å². The molecule has 0 spiro atoms. The van der Waals surface area contributed by atoms with Crippen LogP contribution in [-0.4, -0.2) is 60.4 Å². The Kier molecular flexibility index (Phi) is 9.19. The zero-order valence-electron chi connectivity index (χ0n) is 16.4. The number of carbonyl (C=O) groups excluding carboxylic acids is 2. The lowest BCUT2D eigenvalue weighted by molar-refractivity contribution is 0.0967. The summed E-state index contributed by atoms with van der Waals surface area (Å²) in [6.45, 7) is 4.03. The minimum atomic E-state index is -0.322. The van der Waals surface area contributed by atoms with E-state index in [2.05, 4.69) is 10.2 Å². The third kappa shape index (κ3) is 6.74. The van der Waals surface area contributed by atoms with Crippen LogP contribution in [0.5, 0.6) is 0 Å². The van der Waals surface area contributed by atoms with E-state index in [1.807, 2.05) is 4.90 Å². The molecule has 1 saturated carbocycles. The predicted molar refractivity (Wildman–Crippen MR) is 111 cm³/mol. The van der Waals surface area contributed by atoms with Crippen molar-refractivity contribution in [1.29, 1.82) is 0 Å². The number of urea groups is 1. The Balaban J connectivity index is 0.00000280. The third-order valence-corrected chi connectivity index (χ3v) is 5.64. The second-order valence-corrected chi connectivity index (χ2v) is 7.65. The number of benzene rings is 1. The molecule has 2 fully saturated rings. The molecular weight excluding hydrogens is 381 g/mol. The molecule has 156 valence electrons. The summed E-state index contributed by atoms with van der Waals surface area (Å²) in [5.41, 5.74) is 0.570. The molecule has 1 aliphatic carbocycles. The molecule has 0 bridgehead atoms. The lowest BCUT2D eigenvalue weighted by atomic mass is 9.96. The Hall–Kier alpha value is -1.66. The van der Waals surface area contributed by atoms with Gasteiger partial charge in [0.15, 0.2) is 5.78 Å². The van der Waals surface area contributed by atoms with Gasteiger partial charge in [0.2, 0.25) is 0 Å². The first-order valence-corrected chi connectivity index (χ1v) is 10.2. The van der Waals surface area contributed by atoms with Gasteiger partial charge < -0.3 is 10.2 Å². The van der Waals surface area contributed by atoms with E-state index in [0.717, 1.165) is 52.0 Å². The Morgan fingerprint density at radius 3 is 2.29 bits per heavy atom. The standard InChI is InChI=1S/C21H30FN3O2.ClH/c22-18-10-8-17(9-11-18)20(26)7-4-12-24-13-15-25(16-14-24)21(27)23-19-5-2-1-3-6-19;/h8-11,19H,1-7,12-16H2,(H,23,27);1H. The second-order valence-electron chi connectivity index (χ2n) is 7.65. The van der Waals surface area contributed by atoms with Gasteiger partial charge in [-0.15, -0.1) is 12.4 Å². The molecule has 0 atom stereocenters. The summed E-state index contributed by atoms with van der Waals surface area (Å²) in [7, 11) is 0. The number of Topliss-reactive ketones (excluding diaryl/α,β-unsaturated/α-hetero) is 1. The Morgan fingerprint density at radius 2 is 1.64 bits per heavy atom. The molecule has 7 heteroatoms. The first-order valence-electron chi connectivity index (χ1n) is 10.2. The summed E-state index contributed by atoms with van der Waals surface area (Å²) in [6, 6.07) is 6.16. The van der Waals surface area contributed by atoms with Gasteiger partial charge in [-0.2, -0.15) is 0 Å². The van der Waals surface area contributed by atoms with Crippen molar-refractivity contribution in [2.24, 2.45) is 0 Å². The van der Waals surface area contributed by atoms with Crippen molar-refractivity contribution in [2.45, 2.75) is 51.0 Å². The maximum Gasteiger partial charge on any atom is 0.317 e. The van der Waals surface area contributed by atoms with E-state index in [4.69, 9.17) is 0 Å². The average molecular weight is 412 g/mol. The van der Waals surface area contributed by atoms with Crippen LogP contribution < -0.4 is 5.32 Å². The first kappa shape index (κ1) is 22.6. The predicted octanol–water partition coefficient (Wildman–Crippen LogP) is 3.87. The monoisotopic (exact) mass is 411 g/mol. The van der Waals surface area contributed by atoms with E-state index in [0.29, 0.717) is 18.0 Å². The number of ketones is 1. The van der Waals surface area contributed by atoms with Gasteiger partial charge >= 0.3 is 6.03 Å². The zero-order chi connectivity index (χ0) is 19.1. The maximum absolute atomic E-state index is 12.9. The quantitative estimate of drug-likeness (QED) is 0.723. The van der Waals surface area contributed by atoms with Crippen LogP contribution in [0.25, 0.3) is 0 Å². The minimum absolute atomic E-state index is 0. The maximum atomic E-state index is 12.9. The Labute approximate surface area is 173 Å². The van der Waals surface area contributed by atoms with E-state index < -0.39 is 0 Å². The Bertz CT molecular complexity index is 627. The lowest BCUT2D eigenvalue weighted by Gasteiger charge is -2.36. The van der Waals surface area contributed by atoms with E-state index in [9.17, 15) is 14.0 Å². The molecule has 1 saturated heterocycles. The van der Waals surface area contributed by atoms with Gasteiger partial charge in [-0.05, 0) is 50.1 Å². The van der Waals surface area contributed by atoms with E-state index in [1.54, 1.807) is 12.1 Å². The van der Waals surface area contributed by atoms with Crippen molar-refractivity contribution >= 4 is 24.2 Å². The summed E-state index contributed by atoms with van der Waals surface area (Å²) >= 11 is 0. The van der Waals surface area contributed by atoms with Gasteiger partial charge in [-0.1, -0.05) is 19.3 Å². The normalized spacial score (nSPS) is 18.4. The zero-order valence-corrected chi connectivity index (χ0v) is 17.2. The van der Waals surface area contributed by atoms with Crippen molar-refractivity contribution in [2.75, 3.05) is 32.7 Å². The summed E-state index contributed by atoms with van der Waals surface area (Å²) < 4.78 is 12.9. The molecule has 5 nitrogen and oxygen atoms in total. The lowest BCUT2D eigenvalue weighted by Crippen LogP contribution is -2.53. The van der Waals surface area contributed by atoms with E-state index >= 15 is 0 Å². The van der Waals surface area contributed by atoms with Crippen molar-refractivity contribution in [3.8, 4) is 0 Å². The molecule has 0 unspecified atom stereocenters. The minimum Gasteiger partial charge on any atom is -0.335 e. The number of halogens is 2.